The number of pyridine rings is 1. The number of hydrogen-bond donors (Lipinski definition) is 0. The van der Waals surface area contributed by atoms with Gasteiger partial charge in [-0.25, -0.2) is 14.6 Å². The lowest BCUT2D eigenvalue weighted by Gasteiger charge is -2.18. The lowest BCUT2D eigenvalue weighted by Crippen LogP contribution is -2.26. The number of halogens is 1. The first-order valence-corrected chi connectivity index (χ1v) is 7.77. The normalized spacial score (nSPS) is 14.3. The van der Waals surface area contributed by atoms with E-state index in [9.17, 15) is 4.55 Å². The highest BCUT2D eigenvalue weighted by molar-refractivity contribution is 7.91. The predicted molar refractivity (Wildman–Crippen MR) is 84.3 cm³/mol. The average Bonchev–Trinajstić information content (AvgIpc) is 2.84. The van der Waals surface area contributed by atoms with Gasteiger partial charge in [0.05, 0.1) is 5.71 Å². The van der Waals surface area contributed by atoms with Gasteiger partial charge in [-0.05, 0) is 51.4 Å². The summed E-state index contributed by atoms with van der Waals surface area (Å²) >= 11 is 4.38. The van der Waals surface area contributed by atoms with E-state index in [4.69, 9.17) is 11.6 Å². The van der Waals surface area contributed by atoms with Gasteiger partial charge in [0, 0.05) is 11.8 Å². The fourth-order valence-corrected chi connectivity index (χ4v) is 2.16. The maximum Gasteiger partial charge on any atom is 0.242 e. The van der Waals surface area contributed by atoms with Gasteiger partial charge in [-0.15, -0.1) is 5.10 Å². The highest BCUT2D eigenvalue weighted by Gasteiger charge is 2.26. The number of hydrogen-bond acceptors (Lipinski definition) is 5. The molecule has 0 aliphatic rings. The Balaban J connectivity index is 2.21. The third-order valence-corrected chi connectivity index (χ3v) is 4.27. The molecule has 2 rings (SSSR count). The Morgan fingerprint density at radius 3 is 2.52 bits per heavy atom. The van der Waals surface area contributed by atoms with E-state index >= 15 is 0 Å². The first kappa shape index (κ1) is 15.9. The number of nitrogens with zero attached hydrogens (tertiary/aromatic N) is 5. The molecule has 21 heavy (non-hydrogen) atoms. The van der Waals surface area contributed by atoms with E-state index in [2.05, 4.69) is 19.5 Å². The van der Waals surface area contributed by atoms with Crippen molar-refractivity contribution in [3.05, 3.63) is 35.5 Å². The number of aromatic nitrogens is 4. The van der Waals surface area contributed by atoms with Crippen LogP contribution in [0.4, 0.5) is 0 Å². The minimum atomic E-state index is -1.29. The Morgan fingerprint density at radius 1 is 1.33 bits per heavy atom. The van der Waals surface area contributed by atoms with E-state index in [0.717, 1.165) is 5.56 Å². The summed E-state index contributed by atoms with van der Waals surface area (Å²) in [6.45, 7) is 7.47. The van der Waals surface area contributed by atoms with Crippen molar-refractivity contribution in [2.45, 2.75) is 32.4 Å². The van der Waals surface area contributed by atoms with Gasteiger partial charge in [-0.2, -0.15) is 0 Å². The molecule has 0 spiro atoms. The van der Waals surface area contributed by atoms with Crippen molar-refractivity contribution in [1.29, 1.82) is 0 Å². The Hall–Kier alpha value is -1.44. The SMILES string of the molecule is CC(=N[S+]([O-])C(C)(C)C)c1ccc(-n2cnc(Cl)n2)nc1. The summed E-state index contributed by atoms with van der Waals surface area (Å²) in [4.78, 5) is 8.11. The van der Waals surface area contributed by atoms with Crippen LogP contribution in [0, 0.1) is 0 Å². The molecule has 2 heterocycles. The monoisotopic (exact) mass is 325 g/mol. The molecule has 0 fully saturated rings. The van der Waals surface area contributed by atoms with Crippen molar-refractivity contribution in [3.63, 3.8) is 0 Å². The molecule has 8 heteroatoms. The summed E-state index contributed by atoms with van der Waals surface area (Å²) in [5.74, 6) is 0.600. The zero-order valence-corrected chi connectivity index (χ0v) is 13.8. The van der Waals surface area contributed by atoms with Crippen LogP contribution in [0.2, 0.25) is 5.28 Å². The van der Waals surface area contributed by atoms with E-state index in [0.29, 0.717) is 11.5 Å². The van der Waals surface area contributed by atoms with Crippen LogP contribution < -0.4 is 0 Å². The van der Waals surface area contributed by atoms with Crippen LogP contribution >= 0.6 is 11.6 Å². The van der Waals surface area contributed by atoms with Crippen LogP contribution in [0.25, 0.3) is 5.82 Å². The topological polar surface area (TPSA) is 79.0 Å². The molecular formula is C13H16ClN5OS. The molecule has 0 aromatic carbocycles. The maximum absolute atomic E-state index is 12.0. The lowest BCUT2D eigenvalue weighted by atomic mass is 10.2. The second-order valence-electron chi connectivity index (χ2n) is 5.40. The Morgan fingerprint density at radius 2 is 2.05 bits per heavy atom. The first-order valence-electron chi connectivity index (χ1n) is 6.28. The molecule has 6 nitrogen and oxygen atoms in total. The molecule has 0 saturated carbocycles. The fraction of sp³-hybridized carbons (Fsp3) is 0.385. The Bertz CT molecular complexity index is 647. The van der Waals surface area contributed by atoms with Gasteiger partial charge in [0.25, 0.3) is 0 Å². The second-order valence-corrected chi connectivity index (χ2v) is 7.65. The van der Waals surface area contributed by atoms with Crippen LogP contribution in [-0.4, -0.2) is 34.8 Å². The summed E-state index contributed by atoms with van der Waals surface area (Å²) < 4.78 is 17.3. The first-order chi connectivity index (χ1) is 9.77. The van der Waals surface area contributed by atoms with Crippen LogP contribution in [0.3, 0.4) is 0 Å². The van der Waals surface area contributed by atoms with E-state index < -0.39 is 11.4 Å². The van der Waals surface area contributed by atoms with Crippen LogP contribution in [0.5, 0.6) is 0 Å². The average molecular weight is 326 g/mol. The molecule has 0 aliphatic carbocycles. The quantitative estimate of drug-likeness (QED) is 0.641. The van der Waals surface area contributed by atoms with Gasteiger partial charge >= 0.3 is 0 Å². The highest BCUT2D eigenvalue weighted by Crippen LogP contribution is 2.18. The zero-order chi connectivity index (χ0) is 15.6. The Labute approximate surface area is 131 Å². The third-order valence-electron chi connectivity index (χ3n) is 2.61. The molecule has 0 bridgehead atoms. The van der Waals surface area contributed by atoms with Crippen LogP contribution in [0.1, 0.15) is 33.3 Å². The molecule has 112 valence electrons. The van der Waals surface area contributed by atoms with Crippen molar-refractivity contribution in [1.82, 2.24) is 19.7 Å². The zero-order valence-electron chi connectivity index (χ0n) is 12.2. The van der Waals surface area contributed by atoms with Gasteiger partial charge in [0.2, 0.25) is 5.28 Å². The molecule has 2 aromatic rings. The lowest BCUT2D eigenvalue weighted by molar-refractivity contribution is 0.561. The molecule has 1 atom stereocenters. The minimum Gasteiger partial charge on any atom is -0.591 e. The molecule has 0 saturated heterocycles. The maximum atomic E-state index is 12.0. The standard InChI is InChI=1S/C13H16ClN5OS/c1-9(18-21(20)13(2,3)4)10-5-6-11(15-7-10)19-8-16-12(14)17-19/h5-8H,1-4H3. The van der Waals surface area contributed by atoms with Crippen LogP contribution in [-0.2, 0) is 11.4 Å². The van der Waals surface area contributed by atoms with Crippen molar-refractivity contribution >= 4 is 28.7 Å². The van der Waals surface area contributed by atoms with E-state index in [1.54, 1.807) is 12.3 Å². The van der Waals surface area contributed by atoms with E-state index in [-0.39, 0.29) is 10.0 Å². The van der Waals surface area contributed by atoms with Crippen molar-refractivity contribution < 1.29 is 4.55 Å². The largest absolute Gasteiger partial charge is 0.591 e. The molecule has 2 aromatic heterocycles. The van der Waals surface area contributed by atoms with Crippen molar-refractivity contribution in [3.8, 4) is 5.82 Å². The summed E-state index contributed by atoms with van der Waals surface area (Å²) in [7, 11) is 0. The summed E-state index contributed by atoms with van der Waals surface area (Å²) in [5.41, 5.74) is 1.49. The summed E-state index contributed by atoms with van der Waals surface area (Å²) in [6, 6.07) is 3.62. The summed E-state index contributed by atoms with van der Waals surface area (Å²) in [5, 5.41) is 4.13. The fourth-order valence-electron chi connectivity index (χ4n) is 1.40. The minimum absolute atomic E-state index is 0.166. The number of rotatable bonds is 3. The molecule has 0 aliphatic heterocycles. The summed E-state index contributed by atoms with van der Waals surface area (Å²) in [6.07, 6.45) is 3.14. The molecule has 0 radical (unpaired) electrons. The van der Waals surface area contributed by atoms with Gasteiger partial charge < -0.3 is 4.55 Å². The molecule has 0 amide bonds. The molecule has 0 N–H and O–H groups in total. The predicted octanol–water partition coefficient (Wildman–Crippen LogP) is 2.59. The van der Waals surface area contributed by atoms with Crippen LogP contribution in [0.15, 0.2) is 29.1 Å². The van der Waals surface area contributed by atoms with Gasteiger partial charge in [0.1, 0.15) is 22.4 Å². The second kappa shape index (κ2) is 6.13. The van der Waals surface area contributed by atoms with Crippen molar-refractivity contribution in [2.24, 2.45) is 4.40 Å². The van der Waals surface area contributed by atoms with Crippen molar-refractivity contribution in [2.75, 3.05) is 0 Å². The van der Waals surface area contributed by atoms with E-state index in [1.165, 1.54) is 11.0 Å². The third kappa shape index (κ3) is 4.03. The smallest absolute Gasteiger partial charge is 0.242 e. The molecule has 1 unspecified atom stereocenters. The van der Waals surface area contributed by atoms with Gasteiger partial charge in [-0.1, -0.05) is 4.40 Å². The van der Waals surface area contributed by atoms with Gasteiger partial charge in [-0.3, -0.25) is 0 Å². The highest BCUT2D eigenvalue weighted by atomic mass is 35.5. The van der Waals surface area contributed by atoms with E-state index in [1.807, 2.05) is 33.8 Å². The van der Waals surface area contributed by atoms with Gasteiger partial charge in [0.15, 0.2) is 5.82 Å². The Kier molecular flexibility index (Phi) is 4.65. The molecular weight excluding hydrogens is 310 g/mol.